The maximum atomic E-state index is 9.37. The lowest BCUT2D eigenvalue weighted by molar-refractivity contribution is 0.220. The van der Waals surface area contributed by atoms with Gasteiger partial charge < -0.3 is 5.32 Å². The lowest BCUT2D eigenvalue weighted by atomic mass is 9.91. The van der Waals surface area contributed by atoms with Gasteiger partial charge in [0, 0.05) is 29.5 Å². The molecule has 49 heavy (non-hydrogen) atoms. The first-order chi connectivity index (χ1) is 24.0. The number of hydrogen-bond donors (Lipinski definition) is 1. The van der Waals surface area contributed by atoms with Gasteiger partial charge in [-0.3, -0.25) is 9.88 Å². The van der Waals surface area contributed by atoms with Crippen LogP contribution in [0.5, 0.6) is 0 Å². The smallest absolute Gasteiger partial charge is 0.101 e. The summed E-state index contributed by atoms with van der Waals surface area (Å²) in [5.74, 6) is 0. The summed E-state index contributed by atoms with van der Waals surface area (Å²) in [4.78, 5) is 6.85. The number of rotatable bonds is 17. The zero-order valence-electron chi connectivity index (χ0n) is 29.5. The molecule has 0 atom stereocenters. The molecule has 0 aliphatic carbocycles. The molecule has 1 fully saturated rings. The predicted molar refractivity (Wildman–Crippen MR) is 207 cm³/mol. The normalized spacial score (nSPS) is 13.4. The maximum absolute atomic E-state index is 9.37. The van der Waals surface area contributed by atoms with Crippen molar-refractivity contribution in [2.24, 2.45) is 0 Å². The average molecular weight is 696 g/mol. The highest BCUT2D eigenvalue weighted by Gasteiger charge is 2.17. The van der Waals surface area contributed by atoms with Gasteiger partial charge in [-0.25, -0.2) is 0 Å². The molecule has 6 heteroatoms. The van der Waals surface area contributed by atoms with Crippen LogP contribution in [-0.2, 0) is 38.6 Å². The van der Waals surface area contributed by atoms with Gasteiger partial charge in [-0.1, -0.05) is 85.4 Å². The van der Waals surface area contributed by atoms with Crippen molar-refractivity contribution < 1.29 is 0 Å². The summed E-state index contributed by atoms with van der Waals surface area (Å²) in [6.45, 7) is 9.89. The van der Waals surface area contributed by atoms with E-state index in [1.807, 2.05) is 12.3 Å². The average Bonchev–Trinajstić information content (AvgIpc) is 3.12. The Labute approximate surface area is 304 Å². The van der Waals surface area contributed by atoms with Crippen LogP contribution in [0.2, 0.25) is 10.0 Å². The molecule has 1 saturated heterocycles. The summed E-state index contributed by atoms with van der Waals surface area (Å²) in [6.07, 6.45) is 16.6. The molecule has 3 aromatic carbocycles. The number of hydrogen-bond acceptors (Lipinski definition) is 4. The van der Waals surface area contributed by atoms with Crippen LogP contribution < -0.4 is 5.32 Å². The molecule has 258 valence electrons. The highest BCUT2D eigenvalue weighted by atomic mass is 35.5. The van der Waals surface area contributed by atoms with Gasteiger partial charge in [-0.05, 0) is 154 Å². The number of aryl methyl sites for hydroxylation is 5. The van der Waals surface area contributed by atoms with E-state index in [1.54, 1.807) is 6.20 Å². The summed E-state index contributed by atoms with van der Waals surface area (Å²) >= 11 is 14.2. The Morgan fingerprint density at radius 3 is 2.29 bits per heavy atom. The number of unbranched alkanes of at least 4 members (excludes halogenated alkanes) is 2. The fraction of sp³-hybridized carbons (Fsp3) is 0.442. The number of likely N-dealkylation sites (tertiary alicyclic amines) is 1. The van der Waals surface area contributed by atoms with Gasteiger partial charge in [-0.2, -0.15) is 5.26 Å². The summed E-state index contributed by atoms with van der Waals surface area (Å²) in [6, 6.07) is 21.8. The van der Waals surface area contributed by atoms with Gasteiger partial charge in [0.2, 0.25) is 0 Å². The second kappa shape index (κ2) is 19.3. The van der Waals surface area contributed by atoms with Crippen molar-refractivity contribution in [3.8, 4) is 17.2 Å². The Balaban J connectivity index is 1.30. The molecule has 1 aliphatic heterocycles. The molecule has 4 nitrogen and oxygen atoms in total. The molecule has 0 unspecified atom stereocenters. The van der Waals surface area contributed by atoms with Crippen molar-refractivity contribution >= 4 is 23.2 Å². The molecular weight excluding hydrogens is 643 g/mol. The lowest BCUT2D eigenvalue weighted by Crippen LogP contribution is -2.29. The van der Waals surface area contributed by atoms with E-state index in [0.717, 1.165) is 97.1 Å². The largest absolute Gasteiger partial charge is 0.317 e. The molecule has 0 bridgehead atoms. The number of benzene rings is 3. The van der Waals surface area contributed by atoms with E-state index in [2.05, 4.69) is 83.6 Å². The first kappa shape index (κ1) is 37.1. The molecular formula is C43H52Cl2N4. The number of aromatic nitrogens is 1. The third-order valence-electron chi connectivity index (χ3n) is 10.1. The summed E-state index contributed by atoms with van der Waals surface area (Å²) in [5, 5.41) is 14.6. The second-order valence-electron chi connectivity index (χ2n) is 13.7. The van der Waals surface area contributed by atoms with Crippen LogP contribution in [0.3, 0.4) is 0 Å². The molecule has 0 radical (unpaired) electrons. The van der Waals surface area contributed by atoms with Crippen LogP contribution in [0.4, 0.5) is 0 Å². The van der Waals surface area contributed by atoms with Crippen molar-refractivity contribution in [1.82, 2.24) is 15.2 Å². The molecule has 4 aromatic rings. The van der Waals surface area contributed by atoms with E-state index in [0.29, 0.717) is 5.56 Å². The van der Waals surface area contributed by atoms with Crippen LogP contribution >= 0.6 is 23.2 Å². The number of piperidine rings is 1. The van der Waals surface area contributed by atoms with Crippen LogP contribution in [0, 0.1) is 18.3 Å². The van der Waals surface area contributed by atoms with Crippen LogP contribution in [0.1, 0.15) is 96.4 Å². The van der Waals surface area contributed by atoms with Gasteiger partial charge >= 0.3 is 0 Å². The SMILES string of the molecule is CCCCNCCCCc1cccc(-c2cccc(CCc3cc(CCc4cncc(C#N)c4)c(CN4CCCCC4)cc3Cl)c2Cl)c1C. The van der Waals surface area contributed by atoms with Gasteiger partial charge in [0.1, 0.15) is 6.07 Å². The first-order valence-electron chi connectivity index (χ1n) is 18.4. The lowest BCUT2D eigenvalue weighted by Gasteiger charge is -2.28. The predicted octanol–water partition coefficient (Wildman–Crippen LogP) is 10.5. The minimum atomic E-state index is 0.606. The highest BCUT2D eigenvalue weighted by Crippen LogP contribution is 2.35. The molecule has 0 amide bonds. The van der Waals surface area contributed by atoms with Crippen LogP contribution in [0.25, 0.3) is 11.1 Å². The number of halogens is 2. The second-order valence-corrected chi connectivity index (χ2v) is 14.5. The van der Waals surface area contributed by atoms with E-state index < -0.39 is 0 Å². The van der Waals surface area contributed by atoms with E-state index in [1.165, 1.54) is 72.8 Å². The Kier molecular flexibility index (Phi) is 14.6. The third kappa shape index (κ3) is 10.6. The summed E-state index contributed by atoms with van der Waals surface area (Å²) in [5.41, 5.74) is 11.7. The Morgan fingerprint density at radius 1 is 0.755 bits per heavy atom. The van der Waals surface area contributed by atoms with E-state index in [4.69, 9.17) is 23.2 Å². The molecule has 0 spiro atoms. The fourth-order valence-electron chi connectivity index (χ4n) is 7.09. The van der Waals surface area contributed by atoms with Gasteiger partial charge in [0.25, 0.3) is 0 Å². The van der Waals surface area contributed by atoms with Crippen molar-refractivity contribution in [2.45, 2.75) is 97.4 Å². The van der Waals surface area contributed by atoms with Crippen molar-refractivity contribution in [3.05, 3.63) is 122 Å². The van der Waals surface area contributed by atoms with Gasteiger partial charge in [0.05, 0.1) is 10.6 Å². The molecule has 0 saturated carbocycles. The van der Waals surface area contributed by atoms with Gasteiger partial charge in [-0.15, -0.1) is 0 Å². The van der Waals surface area contributed by atoms with Crippen LogP contribution in [0.15, 0.2) is 67.0 Å². The zero-order chi connectivity index (χ0) is 34.4. The van der Waals surface area contributed by atoms with Crippen molar-refractivity contribution in [1.29, 1.82) is 5.26 Å². The van der Waals surface area contributed by atoms with E-state index in [9.17, 15) is 5.26 Å². The molecule has 5 rings (SSSR count). The third-order valence-corrected chi connectivity index (χ3v) is 10.9. The monoisotopic (exact) mass is 694 g/mol. The Bertz CT molecular complexity index is 1700. The molecule has 1 aliphatic rings. The number of nitrogens with zero attached hydrogens (tertiary/aromatic N) is 3. The fourth-order valence-corrected chi connectivity index (χ4v) is 7.70. The topological polar surface area (TPSA) is 52.0 Å². The minimum absolute atomic E-state index is 0.606. The van der Waals surface area contributed by atoms with Crippen molar-refractivity contribution in [3.63, 3.8) is 0 Å². The molecule has 1 aromatic heterocycles. The standard InChI is InChI=1S/C43H52Cl2N4/c1-3-4-21-47-22-7-6-12-35-13-10-15-40(32(35)2)41-16-11-14-36(43(41)45)19-20-38-26-37(18-17-33-25-34(28-46)30-48-29-33)39(27-42(38)44)31-49-23-8-5-9-24-49/h10-11,13-16,25-27,29-30,47H,3-9,12,17-24,31H2,1-2H3. The highest BCUT2D eigenvalue weighted by molar-refractivity contribution is 6.34. The number of nitriles is 1. The van der Waals surface area contributed by atoms with Crippen LogP contribution in [-0.4, -0.2) is 36.1 Å². The molecule has 1 N–H and O–H groups in total. The Hall–Kier alpha value is -3.20. The zero-order valence-corrected chi connectivity index (χ0v) is 31.0. The van der Waals surface area contributed by atoms with E-state index in [-0.39, 0.29) is 0 Å². The first-order valence-corrected chi connectivity index (χ1v) is 19.2. The number of pyridine rings is 1. The maximum Gasteiger partial charge on any atom is 0.101 e. The quantitative estimate of drug-likeness (QED) is 0.112. The summed E-state index contributed by atoms with van der Waals surface area (Å²) < 4.78 is 0. The number of nitrogens with one attached hydrogen (secondary N) is 1. The summed E-state index contributed by atoms with van der Waals surface area (Å²) in [7, 11) is 0. The van der Waals surface area contributed by atoms with Gasteiger partial charge in [0.15, 0.2) is 0 Å². The van der Waals surface area contributed by atoms with E-state index >= 15 is 0 Å². The Morgan fingerprint density at radius 2 is 1.49 bits per heavy atom. The van der Waals surface area contributed by atoms with Crippen molar-refractivity contribution in [2.75, 3.05) is 26.2 Å². The molecule has 2 heterocycles. The minimum Gasteiger partial charge on any atom is -0.317 e.